The minimum absolute atomic E-state index is 0.0943. The third-order valence-corrected chi connectivity index (χ3v) is 4.52. The van der Waals surface area contributed by atoms with Crippen LogP contribution in [0.2, 0.25) is 0 Å². The van der Waals surface area contributed by atoms with Crippen LogP contribution in [0.15, 0.2) is 54.1 Å². The molecule has 1 heterocycles. The highest BCUT2D eigenvalue weighted by Crippen LogP contribution is 2.24. The zero-order chi connectivity index (χ0) is 18.7. The van der Waals surface area contributed by atoms with Crippen molar-refractivity contribution >= 4 is 22.9 Å². The number of hydrogen-bond donors (Lipinski definition) is 2. The van der Waals surface area contributed by atoms with Crippen molar-refractivity contribution in [2.45, 2.75) is 26.8 Å². The topological polar surface area (TPSA) is 68.7 Å². The fourth-order valence-electron chi connectivity index (χ4n) is 2.99. The molecule has 0 aliphatic rings. The molecule has 0 saturated heterocycles. The van der Waals surface area contributed by atoms with E-state index in [0.717, 1.165) is 27.7 Å². The molecule has 0 saturated carbocycles. The van der Waals surface area contributed by atoms with Gasteiger partial charge in [0, 0.05) is 22.2 Å². The molecule has 1 amide bonds. The molecule has 0 fully saturated rings. The van der Waals surface area contributed by atoms with Crippen molar-refractivity contribution in [3.63, 3.8) is 0 Å². The van der Waals surface area contributed by atoms with Gasteiger partial charge in [0.05, 0.1) is 6.04 Å². The number of aromatic nitrogens is 1. The maximum absolute atomic E-state index is 12.6. The van der Waals surface area contributed by atoms with E-state index in [1.165, 1.54) is 5.56 Å². The third-order valence-electron chi connectivity index (χ3n) is 4.52. The lowest BCUT2D eigenvalue weighted by Gasteiger charge is -2.14. The van der Waals surface area contributed by atoms with Gasteiger partial charge in [-0.2, -0.15) is 5.26 Å². The highest BCUT2D eigenvalue weighted by Gasteiger charge is 2.15. The SMILES string of the molecule is Cc1ccc([C@@H](C)NC(=O)/C(C#N)=C/c2c(C)[nH]c3ccccc23)cc1. The number of nitrogens with zero attached hydrogens (tertiary/aromatic N) is 1. The monoisotopic (exact) mass is 343 g/mol. The number of hydrogen-bond acceptors (Lipinski definition) is 2. The van der Waals surface area contributed by atoms with E-state index >= 15 is 0 Å². The molecule has 1 aromatic heterocycles. The molecule has 0 aliphatic carbocycles. The molecule has 3 aromatic rings. The van der Waals surface area contributed by atoms with E-state index in [2.05, 4.69) is 10.3 Å². The van der Waals surface area contributed by atoms with E-state index in [0.29, 0.717) is 0 Å². The number of rotatable bonds is 4. The lowest BCUT2D eigenvalue weighted by atomic mass is 10.0. The molecule has 0 spiro atoms. The van der Waals surface area contributed by atoms with Gasteiger partial charge < -0.3 is 10.3 Å². The lowest BCUT2D eigenvalue weighted by Crippen LogP contribution is -2.27. The molecule has 2 aromatic carbocycles. The number of carbonyl (C=O) groups excluding carboxylic acids is 1. The number of nitriles is 1. The van der Waals surface area contributed by atoms with Crippen LogP contribution in [-0.4, -0.2) is 10.9 Å². The smallest absolute Gasteiger partial charge is 0.262 e. The first kappa shape index (κ1) is 17.5. The van der Waals surface area contributed by atoms with E-state index in [9.17, 15) is 10.1 Å². The van der Waals surface area contributed by atoms with Crippen LogP contribution in [-0.2, 0) is 4.79 Å². The second-order valence-corrected chi connectivity index (χ2v) is 6.48. The fraction of sp³-hybridized carbons (Fsp3) is 0.182. The zero-order valence-electron chi connectivity index (χ0n) is 15.1. The first-order chi connectivity index (χ1) is 12.5. The number of fused-ring (bicyclic) bond motifs is 1. The van der Waals surface area contributed by atoms with Gasteiger partial charge in [0.15, 0.2) is 0 Å². The molecule has 3 rings (SSSR count). The molecular formula is C22H21N3O. The predicted molar refractivity (Wildman–Crippen MR) is 104 cm³/mol. The number of para-hydroxylation sites is 1. The Kier molecular flexibility index (Phi) is 4.90. The van der Waals surface area contributed by atoms with Crippen LogP contribution in [0.5, 0.6) is 0 Å². The Morgan fingerprint density at radius 2 is 1.85 bits per heavy atom. The molecular weight excluding hydrogens is 322 g/mol. The maximum Gasteiger partial charge on any atom is 0.262 e. The van der Waals surface area contributed by atoms with Crippen molar-refractivity contribution in [3.8, 4) is 6.07 Å². The van der Waals surface area contributed by atoms with Crippen LogP contribution in [0.3, 0.4) is 0 Å². The zero-order valence-corrected chi connectivity index (χ0v) is 15.1. The van der Waals surface area contributed by atoms with Crippen LogP contribution >= 0.6 is 0 Å². The summed E-state index contributed by atoms with van der Waals surface area (Å²) in [5.41, 5.74) is 5.05. The van der Waals surface area contributed by atoms with E-state index in [1.54, 1.807) is 6.08 Å². The summed E-state index contributed by atoms with van der Waals surface area (Å²) in [6, 6.07) is 17.7. The van der Waals surface area contributed by atoms with Gasteiger partial charge in [-0.15, -0.1) is 0 Å². The number of amides is 1. The summed E-state index contributed by atoms with van der Waals surface area (Å²) in [4.78, 5) is 15.9. The van der Waals surface area contributed by atoms with Crippen LogP contribution in [0.25, 0.3) is 17.0 Å². The van der Waals surface area contributed by atoms with E-state index in [4.69, 9.17) is 0 Å². The predicted octanol–water partition coefficient (Wildman–Crippen LogP) is 4.57. The molecule has 4 nitrogen and oxygen atoms in total. The normalized spacial score (nSPS) is 12.6. The number of aromatic amines is 1. The average Bonchev–Trinajstić information content (AvgIpc) is 2.95. The standard InChI is InChI=1S/C22H21N3O/c1-14-8-10-17(11-9-14)15(2)25-22(26)18(13-23)12-20-16(3)24-21-7-5-4-6-19(20)21/h4-12,15,24H,1-3H3,(H,25,26)/b18-12+/t15-/m1/s1. The molecule has 0 aliphatic heterocycles. The molecule has 0 unspecified atom stereocenters. The summed E-state index contributed by atoms with van der Waals surface area (Å²) >= 11 is 0. The fourth-order valence-corrected chi connectivity index (χ4v) is 2.99. The van der Waals surface area contributed by atoms with E-state index in [1.807, 2.05) is 75.4 Å². The number of benzene rings is 2. The van der Waals surface area contributed by atoms with Crippen molar-refractivity contribution < 1.29 is 4.79 Å². The van der Waals surface area contributed by atoms with Gasteiger partial charge in [-0.3, -0.25) is 4.79 Å². The van der Waals surface area contributed by atoms with Crippen molar-refractivity contribution in [1.29, 1.82) is 5.26 Å². The average molecular weight is 343 g/mol. The summed E-state index contributed by atoms with van der Waals surface area (Å²) in [6.07, 6.45) is 1.66. The number of aryl methyl sites for hydroxylation is 2. The lowest BCUT2D eigenvalue weighted by molar-refractivity contribution is -0.117. The Hall–Kier alpha value is -3.32. The summed E-state index contributed by atoms with van der Waals surface area (Å²) in [5, 5.41) is 13.4. The van der Waals surface area contributed by atoms with Gasteiger partial charge in [-0.25, -0.2) is 0 Å². The van der Waals surface area contributed by atoms with Crippen molar-refractivity contribution in [2.24, 2.45) is 0 Å². The Morgan fingerprint density at radius 1 is 1.15 bits per heavy atom. The maximum atomic E-state index is 12.6. The van der Waals surface area contributed by atoms with Gasteiger partial charge in [0.25, 0.3) is 5.91 Å². The molecule has 1 atom stereocenters. The second-order valence-electron chi connectivity index (χ2n) is 6.48. The Balaban J connectivity index is 1.87. The van der Waals surface area contributed by atoms with Crippen molar-refractivity contribution in [2.75, 3.05) is 0 Å². The minimum Gasteiger partial charge on any atom is -0.358 e. The summed E-state index contributed by atoms with van der Waals surface area (Å²) in [7, 11) is 0. The number of carbonyl (C=O) groups is 1. The first-order valence-electron chi connectivity index (χ1n) is 8.56. The van der Waals surface area contributed by atoms with Gasteiger partial charge in [0.1, 0.15) is 11.6 Å². The van der Waals surface area contributed by atoms with Crippen LogP contribution in [0, 0.1) is 25.2 Å². The van der Waals surface area contributed by atoms with E-state index < -0.39 is 0 Å². The molecule has 26 heavy (non-hydrogen) atoms. The first-order valence-corrected chi connectivity index (χ1v) is 8.56. The minimum atomic E-state index is -0.370. The Labute approximate surface area is 153 Å². The number of H-pyrrole nitrogens is 1. The Bertz CT molecular complexity index is 1020. The van der Waals surface area contributed by atoms with Gasteiger partial charge in [-0.1, -0.05) is 48.0 Å². The van der Waals surface area contributed by atoms with Gasteiger partial charge >= 0.3 is 0 Å². The summed E-state index contributed by atoms with van der Waals surface area (Å²) < 4.78 is 0. The highest BCUT2D eigenvalue weighted by atomic mass is 16.1. The van der Waals surface area contributed by atoms with E-state index in [-0.39, 0.29) is 17.5 Å². The van der Waals surface area contributed by atoms with Crippen LogP contribution in [0.1, 0.15) is 35.3 Å². The third kappa shape index (κ3) is 3.52. The van der Waals surface area contributed by atoms with Crippen molar-refractivity contribution in [3.05, 3.63) is 76.5 Å². The molecule has 0 radical (unpaired) electrons. The van der Waals surface area contributed by atoms with Crippen LogP contribution in [0.4, 0.5) is 0 Å². The highest BCUT2D eigenvalue weighted by molar-refractivity contribution is 6.04. The van der Waals surface area contributed by atoms with Gasteiger partial charge in [0.2, 0.25) is 0 Å². The quantitative estimate of drug-likeness (QED) is 0.538. The Morgan fingerprint density at radius 3 is 2.54 bits per heavy atom. The largest absolute Gasteiger partial charge is 0.358 e. The number of nitrogens with one attached hydrogen (secondary N) is 2. The van der Waals surface area contributed by atoms with Crippen molar-refractivity contribution in [1.82, 2.24) is 10.3 Å². The summed E-state index contributed by atoms with van der Waals surface area (Å²) in [6.45, 7) is 5.87. The van der Waals surface area contributed by atoms with Crippen LogP contribution < -0.4 is 5.32 Å². The molecule has 130 valence electrons. The second kappa shape index (κ2) is 7.28. The van der Waals surface area contributed by atoms with Gasteiger partial charge in [-0.05, 0) is 38.5 Å². The molecule has 0 bridgehead atoms. The molecule has 4 heteroatoms. The summed E-state index contributed by atoms with van der Waals surface area (Å²) in [5.74, 6) is -0.370. The molecule has 2 N–H and O–H groups in total.